The normalized spacial score (nSPS) is 20.0. The molecule has 44 heavy (non-hydrogen) atoms. The van der Waals surface area contributed by atoms with Gasteiger partial charge in [0, 0.05) is 24.5 Å². The molecule has 0 amide bonds. The van der Waals surface area contributed by atoms with Gasteiger partial charge < -0.3 is 14.6 Å². The molecule has 1 N–H and O–H groups in total. The number of aliphatic hydroxyl groups is 1. The SMILES string of the molecule is COC1OC(=O)c2ccc1cc2.CS(=O)(=O)ON1CC(SC(c2ccccc2)(c2ccccc2)c2ccccc2)CC1CO. The molecular weight excluding hydrogens is 599 g/mol. The van der Waals surface area contributed by atoms with Crippen LogP contribution >= 0.6 is 11.8 Å². The maximum absolute atomic E-state index is 11.8. The summed E-state index contributed by atoms with van der Waals surface area (Å²) in [4.78, 5) is 11.2. The zero-order valence-electron chi connectivity index (χ0n) is 24.5. The van der Waals surface area contributed by atoms with Crippen LogP contribution in [0.5, 0.6) is 0 Å². The first-order valence-corrected chi connectivity index (χ1v) is 16.9. The fourth-order valence-corrected chi connectivity index (χ4v) is 7.91. The third-order valence-corrected chi connectivity index (χ3v) is 9.70. The van der Waals surface area contributed by atoms with Crippen LogP contribution in [0.2, 0.25) is 0 Å². The van der Waals surface area contributed by atoms with E-state index in [1.54, 1.807) is 23.9 Å². The van der Waals surface area contributed by atoms with Crippen LogP contribution in [0.25, 0.3) is 0 Å². The van der Waals surface area contributed by atoms with Gasteiger partial charge in [-0.2, -0.15) is 17.8 Å². The average Bonchev–Trinajstić information content (AvgIpc) is 3.27. The number of hydroxylamine groups is 2. The van der Waals surface area contributed by atoms with Crippen molar-refractivity contribution in [3.8, 4) is 0 Å². The lowest BCUT2D eigenvalue weighted by molar-refractivity contribution is -0.0913. The Hall–Kier alpha value is -3.51. The summed E-state index contributed by atoms with van der Waals surface area (Å²) in [6.07, 6.45) is 1.10. The van der Waals surface area contributed by atoms with Crippen molar-refractivity contribution in [2.24, 2.45) is 0 Å². The Bertz CT molecular complexity index is 1520. The van der Waals surface area contributed by atoms with Gasteiger partial charge in [-0.25, -0.2) is 4.79 Å². The van der Waals surface area contributed by atoms with Crippen LogP contribution in [0.15, 0.2) is 115 Å². The molecule has 1 saturated heterocycles. The molecule has 3 atom stereocenters. The van der Waals surface area contributed by atoms with Gasteiger partial charge in [-0.3, -0.25) is 0 Å². The molecule has 0 aromatic heterocycles. The van der Waals surface area contributed by atoms with E-state index in [9.17, 15) is 18.3 Å². The highest BCUT2D eigenvalue weighted by Gasteiger charge is 2.44. The van der Waals surface area contributed by atoms with Crippen LogP contribution in [-0.2, 0) is 28.6 Å². The minimum absolute atomic E-state index is 0.0366. The largest absolute Gasteiger partial charge is 0.428 e. The van der Waals surface area contributed by atoms with Gasteiger partial charge >= 0.3 is 5.97 Å². The van der Waals surface area contributed by atoms with Crippen LogP contribution in [-0.4, -0.2) is 62.4 Å². The number of hydrogen-bond acceptors (Lipinski definition) is 9. The summed E-state index contributed by atoms with van der Waals surface area (Å²) in [7, 11) is -2.16. The van der Waals surface area contributed by atoms with Gasteiger partial charge in [0.05, 0.1) is 29.2 Å². The van der Waals surface area contributed by atoms with E-state index >= 15 is 0 Å². The quantitative estimate of drug-likeness (QED) is 0.188. The first kappa shape index (κ1) is 31.9. The predicted octanol–water partition coefficient (Wildman–Crippen LogP) is 5.54. The Morgan fingerprint density at radius 2 is 1.36 bits per heavy atom. The molecule has 0 spiro atoms. The third-order valence-electron chi connectivity index (χ3n) is 7.50. The molecule has 1 fully saturated rings. The second kappa shape index (κ2) is 14.1. The summed E-state index contributed by atoms with van der Waals surface area (Å²) >= 11 is 1.78. The summed E-state index contributed by atoms with van der Waals surface area (Å²) in [6, 6.07) is 37.8. The van der Waals surface area contributed by atoms with E-state index in [4.69, 9.17) is 13.8 Å². The maximum atomic E-state index is 11.8. The molecule has 0 aliphatic carbocycles. The monoisotopic (exact) mass is 633 g/mol. The van der Waals surface area contributed by atoms with Crippen molar-refractivity contribution >= 4 is 27.8 Å². The molecule has 230 valence electrons. The fraction of sp³-hybridized carbons (Fsp3) is 0.265. The number of thioether (sulfide) groups is 1. The standard InChI is InChI=1S/C25H27NO4S2.C9H8O3/c1-32(28,29)30-26-18-24(17-23(26)19-27)31-25(20-11-5-2-6-12-20,21-13-7-3-8-14-21)22-15-9-4-10-16-22;1-11-9-7-4-2-6(3-5-7)8(10)12-9/h2-16,23-24,27H,17-19H2,1H3;2-5,9H,1H3. The minimum atomic E-state index is -3.67. The highest BCUT2D eigenvalue weighted by Crippen LogP contribution is 2.52. The smallest absolute Gasteiger partial charge is 0.340 e. The molecule has 0 radical (unpaired) electrons. The number of benzene rings is 4. The average molecular weight is 634 g/mol. The van der Waals surface area contributed by atoms with E-state index in [1.807, 2.05) is 66.7 Å². The van der Waals surface area contributed by atoms with E-state index in [-0.39, 0.29) is 23.9 Å². The van der Waals surface area contributed by atoms with Gasteiger partial charge in [0.2, 0.25) is 6.29 Å². The topological polar surface area (TPSA) is 102 Å². The zero-order valence-corrected chi connectivity index (χ0v) is 26.1. The van der Waals surface area contributed by atoms with Gasteiger partial charge in [0.15, 0.2) is 0 Å². The number of fused-ring (bicyclic) bond motifs is 4. The highest BCUT2D eigenvalue weighted by atomic mass is 32.2. The number of rotatable bonds is 9. The van der Waals surface area contributed by atoms with Crippen LogP contribution in [0.1, 0.15) is 45.3 Å². The summed E-state index contributed by atoms with van der Waals surface area (Å²) < 4.78 is 38.2. The van der Waals surface area contributed by atoms with Gasteiger partial charge in [-0.05, 0) is 35.2 Å². The summed E-state index contributed by atoms with van der Waals surface area (Å²) in [5.74, 6) is -0.332. The lowest BCUT2D eigenvalue weighted by atomic mass is 9.84. The Kier molecular flexibility index (Phi) is 10.2. The van der Waals surface area contributed by atoms with Gasteiger partial charge in [0.1, 0.15) is 0 Å². The van der Waals surface area contributed by atoms with E-state index in [2.05, 4.69) is 36.4 Å². The minimum Gasteiger partial charge on any atom is -0.428 e. The van der Waals surface area contributed by atoms with Crippen molar-refractivity contribution in [2.45, 2.75) is 28.7 Å². The molecule has 0 saturated carbocycles. The molecule has 3 aliphatic heterocycles. The Labute approximate surface area is 262 Å². The van der Waals surface area contributed by atoms with Gasteiger partial charge in [-0.1, -0.05) is 103 Å². The third kappa shape index (κ3) is 7.23. The van der Waals surface area contributed by atoms with Crippen molar-refractivity contribution in [2.75, 3.05) is 26.5 Å². The molecule has 2 bridgehead atoms. The first-order valence-electron chi connectivity index (χ1n) is 14.2. The Morgan fingerprint density at radius 3 is 1.80 bits per heavy atom. The zero-order chi connectivity index (χ0) is 31.2. The van der Waals surface area contributed by atoms with E-state index in [0.29, 0.717) is 18.5 Å². The molecular formula is C34H35NO7S2. The van der Waals surface area contributed by atoms with Crippen molar-refractivity contribution in [3.05, 3.63) is 143 Å². The predicted molar refractivity (Wildman–Crippen MR) is 170 cm³/mol. The second-order valence-electron chi connectivity index (χ2n) is 10.6. The molecule has 7 rings (SSSR count). The number of nitrogens with zero attached hydrogens (tertiary/aromatic N) is 1. The number of aliphatic hydroxyl groups excluding tert-OH is 1. The molecule has 3 aliphatic rings. The first-order chi connectivity index (χ1) is 21.2. The molecule has 8 nitrogen and oxygen atoms in total. The second-order valence-corrected chi connectivity index (χ2v) is 13.6. The fourth-order valence-electron chi connectivity index (χ4n) is 5.53. The number of methoxy groups -OCH3 is 1. The molecule has 4 aromatic rings. The number of ether oxygens (including phenoxy) is 2. The van der Waals surface area contributed by atoms with Crippen molar-refractivity contribution in [3.63, 3.8) is 0 Å². The van der Waals surface area contributed by atoms with Gasteiger partial charge in [-0.15, -0.1) is 11.8 Å². The number of carbonyl (C=O) groups is 1. The van der Waals surface area contributed by atoms with Crippen LogP contribution in [0.3, 0.4) is 0 Å². The lowest BCUT2D eigenvalue weighted by Gasteiger charge is -2.37. The van der Waals surface area contributed by atoms with Crippen molar-refractivity contribution in [1.29, 1.82) is 0 Å². The Balaban J connectivity index is 0.000000266. The van der Waals surface area contributed by atoms with Gasteiger partial charge in [0.25, 0.3) is 10.1 Å². The number of hydrogen-bond donors (Lipinski definition) is 1. The Morgan fingerprint density at radius 1 is 0.864 bits per heavy atom. The summed E-state index contributed by atoms with van der Waals surface area (Å²) in [6.45, 7) is 0.235. The number of esters is 1. The van der Waals surface area contributed by atoms with E-state index in [1.165, 1.54) is 12.2 Å². The lowest BCUT2D eigenvalue weighted by Crippen LogP contribution is -2.34. The van der Waals surface area contributed by atoms with Crippen molar-refractivity contribution in [1.82, 2.24) is 5.06 Å². The van der Waals surface area contributed by atoms with Crippen LogP contribution < -0.4 is 0 Å². The van der Waals surface area contributed by atoms with E-state index < -0.39 is 21.2 Å². The molecule has 10 heteroatoms. The van der Waals surface area contributed by atoms with Crippen LogP contribution in [0.4, 0.5) is 0 Å². The van der Waals surface area contributed by atoms with Crippen molar-refractivity contribution < 1.29 is 32.1 Å². The van der Waals surface area contributed by atoms with Crippen LogP contribution in [0, 0.1) is 0 Å². The number of carbonyl (C=O) groups excluding carboxylic acids is 1. The highest BCUT2D eigenvalue weighted by molar-refractivity contribution is 8.01. The molecule has 3 unspecified atom stereocenters. The maximum Gasteiger partial charge on any atom is 0.340 e. The molecule has 3 heterocycles. The summed E-state index contributed by atoms with van der Waals surface area (Å²) in [5, 5.41) is 11.3. The van der Waals surface area contributed by atoms with E-state index in [0.717, 1.165) is 28.5 Å². The summed E-state index contributed by atoms with van der Waals surface area (Å²) in [5.41, 5.74) is 4.87. The molecule has 4 aromatic carbocycles.